The second kappa shape index (κ2) is 8.78. The van der Waals surface area contributed by atoms with Crippen molar-refractivity contribution in [3.8, 4) is 0 Å². The monoisotopic (exact) mass is 272 g/mol. The molecule has 1 aliphatic carbocycles. The summed E-state index contributed by atoms with van der Waals surface area (Å²) in [5, 5.41) is 4.19. The van der Waals surface area contributed by atoms with Crippen LogP contribution in [0.2, 0.25) is 0 Å². The van der Waals surface area contributed by atoms with Gasteiger partial charge in [0.1, 0.15) is 0 Å². The molecule has 0 aromatic heterocycles. The summed E-state index contributed by atoms with van der Waals surface area (Å²) in [5.41, 5.74) is 1.06. The molecule has 2 nitrogen and oxygen atoms in total. The second-order valence-electron chi connectivity index (χ2n) is 5.94. The Hall–Kier alpha value is -1.31. The minimum atomic E-state index is 0.0251. The summed E-state index contributed by atoms with van der Waals surface area (Å²) in [6.45, 7) is 0.710. The van der Waals surface area contributed by atoms with Crippen molar-refractivity contribution in [2.24, 2.45) is 5.92 Å². The number of nitrogens with zero attached hydrogens (tertiary/aromatic N) is 1. The van der Waals surface area contributed by atoms with Crippen molar-refractivity contribution >= 4 is 5.91 Å². The fourth-order valence-corrected chi connectivity index (χ4v) is 3.06. The van der Waals surface area contributed by atoms with Crippen LogP contribution in [-0.4, -0.2) is 12.5 Å². The van der Waals surface area contributed by atoms with Gasteiger partial charge in [-0.3, -0.25) is 10.1 Å². The first kappa shape index (κ1) is 15.1. The average Bonchev–Trinajstić information content (AvgIpc) is 2.73. The molecule has 109 valence electrons. The third-order valence-electron chi connectivity index (χ3n) is 4.23. The van der Waals surface area contributed by atoms with Crippen LogP contribution in [0.4, 0.5) is 0 Å². The van der Waals surface area contributed by atoms with Gasteiger partial charge in [0.15, 0.2) is 0 Å². The van der Waals surface area contributed by atoms with Crippen LogP contribution >= 0.6 is 0 Å². The van der Waals surface area contributed by atoms with Crippen LogP contribution in [-0.2, 0) is 11.2 Å². The first-order valence-corrected chi connectivity index (χ1v) is 8.09. The van der Waals surface area contributed by atoms with Crippen LogP contribution < -0.4 is 5.32 Å². The second-order valence-corrected chi connectivity index (χ2v) is 5.94. The van der Waals surface area contributed by atoms with Crippen LogP contribution in [0.3, 0.4) is 0 Å². The molecule has 1 radical (unpaired) electrons. The van der Waals surface area contributed by atoms with Gasteiger partial charge >= 0.3 is 0 Å². The van der Waals surface area contributed by atoms with Crippen molar-refractivity contribution in [3.63, 3.8) is 0 Å². The van der Waals surface area contributed by atoms with E-state index in [0.29, 0.717) is 13.0 Å². The number of amides is 1. The molecular formula is C18H26NO. The summed E-state index contributed by atoms with van der Waals surface area (Å²) in [6.07, 6.45) is 11.2. The van der Waals surface area contributed by atoms with Crippen molar-refractivity contribution in [3.05, 3.63) is 35.9 Å². The molecule has 0 aliphatic heterocycles. The molecule has 1 saturated carbocycles. The van der Waals surface area contributed by atoms with E-state index >= 15 is 0 Å². The van der Waals surface area contributed by atoms with Gasteiger partial charge in [0.2, 0.25) is 5.91 Å². The highest BCUT2D eigenvalue weighted by Crippen LogP contribution is 2.26. The minimum Gasteiger partial charge on any atom is -0.273 e. The van der Waals surface area contributed by atoms with Gasteiger partial charge < -0.3 is 0 Å². The Morgan fingerprint density at radius 1 is 1.05 bits per heavy atom. The molecule has 0 N–H and O–H groups in total. The molecule has 0 bridgehead atoms. The summed E-state index contributed by atoms with van der Waals surface area (Å²) in [6, 6.07) is 9.87. The maximum absolute atomic E-state index is 11.8. The zero-order valence-corrected chi connectivity index (χ0v) is 12.4. The first-order valence-electron chi connectivity index (χ1n) is 8.09. The van der Waals surface area contributed by atoms with Gasteiger partial charge in [0.05, 0.1) is 6.42 Å². The number of hydrogen-bond donors (Lipinski definition) is 0. The van der Waals surface area contributed by atoms with Gasteiger partial charge in [-0.25, -0.2) is 0 Å². The highest BCUT2D eigenvalue weighted by molar-refractivity contribution is 5.78. The van der Waals surface area contributed by atoms with E-state index in [4.69, 9.17) is 0 Å². The maximum Gasteiger partial charge on any atom is 0.245 e. The van der Waals surface area contributed by atoms with E-state index in [-0.39, 0.29) is 5.91 Å². The van der Waals surface area contributed by atoms with Gasteiger partial charge in [-0.2, -0.15) is 0 Å². The molecule has 0 spiro atoms. The molecule has 2 heteroatoms. The standard InChI is InChI=1S/C18H26NO/c20-18(15-17-11-6-3-7-12-17)19-14-8-13-16-9-4-1-2-5-10-16/h3,6-7,11-12,16H,1-2,4-5,8-10,13-15H2. The van der Waals surface area contributed by atoms with Gasteiger partial charge in [-0.15, -0.1) is 0 Å². The Morgan fingerprint density at radius 2 is 1.75 bits per heavy atom. The van der Waals surface area contributed by atoms with Gasteiger partial charge in [0, 0.05) is 6.54 Å². The quantitative estimate of drug-likeness (QED) is 0.566. The van der Waals surface area contributed by atoms with E-state index in [9.17, 15) is 4.79 Å². The molecule has 1 amide bonds. The van der Waals surface area contributed by atoms with Crippen molar-refractivity contribution in [1.82, 2.24) is 5.32 Å². The summed E-state index contributed by atoms with van der Waals surface area (Å²) >= 11 is 0. The molecular weight excluding hydrogens is 246 g/mol. The normalized spacial score (nSPS) is 16.6. The smallest absolute Gasteiger partial charge is 0.245 e. The third kappa shape index (κ3) is 5.77. The van der Waals surface area contributed by atoms with E-state index < -0.39 is 0 Å². The molecule has 0 saturated heterocycles. The molecule has 20 heavy (non-hydrogen) atoms. The molecule has 0 unspecified atom stereocenters. The van der Waals surface area contributed by atoms with E-state index in [1.54, 1.807) is 0 Å². The fourth-order valence-electron chi connectivity index (χ4n) is 3.06. The van der Waals surface area contributed by atoms with Crippen molar-refractivity contribution in [2.75, 3.05) is 6.54 Å². The zero-order chi connectivity index (χ0) is 14.0. The lowest BCUT2D eigenvalue weighted by atomic mass is 9.95. The maximum atomic E-state index is 11.8. The molecule has 1 aromatic rings. The fraction of sp³-hybridized carbons (Fsp3) is 0.611. The molecule has 1 aromatic carbocycles. The summed E-state index contributed by atoms with van der Waals surface area (Å²) in [7, 11) is 0. The lowest BCUT2D eigenvalue weighted by Crippen LogP contribution is -2.19. The van der Waals surface area contributed by atoms with Crippen LogP contribution in [0.5, 0.6) is 0 Å². The Bertz CT molecular complexity index is 380. The number of rotatable bonds is 6. The Labute approximate surface area is 123 Å². The van der Waals surface area contributed by atoms with Crippen LogP contribution in [0.25, 0.3) is 0 Å². The van der Waals surface area contributed by atoms with Gasteiger partial charge in [0.25, 0.3) is 0 Å². The number of carbonyl (C=O) groups is 1. The Morgan fingerprint density at radius 3 is 2.45 bits per heavy atom. The largest absolute Gasteiger partial charge is 0.273 e. The lowest BCUT2D eigenvalue weighted by molar-refractivity contribution is -0.120. The molecule has 0 atom stereocenters. The SMILES string of the molecule is O=C(Cc1ccccc1)[N]CCCC1CCCCCC1. The Balaban J connectivity index is 1.57. The topological polar surface area (TPSA) is 31.2 Å². The van der Waals surface area contributed by atoms with E-state index in [1.807, 2.05) is 30.3 Å². The minimum absolute atomic E-state index is 0.0251. The van der Waals surface area contributed by atoms with Crippen molar-refractivity contribution < 1.29 is 4.79 Å². The van der Waals surface area contributed by atoms with Crippen LogP contribution in [0.15, 0.2) is 30.3 Å². The third-order valence-corrected chi connectivity index (χ3v) is 4.23. The summed E-state index contributed by atoms with van der Waals surface area (Å²) in [5.74, 6) is 0.911. The molecule has 0 heterocycles. The highest BCUT2D eigenvalue weighted by Gasteiger charge is 2.12. The molecule has 2 rings (SSSR count). The van der Waals surface area contributed by atoms with Crippen molar-refractivity contribution in [2.45, 2.75) is 57.8 Å². The highest BCUT2D eigenvalue weighted by atomic mass is 16.1. The van der Waals surface area contributed by atoms with E-state index in [0.717, 1.165) is 17.9 Å². The summed E-state index contributed by atoms with van der Waals surface area (Å²) < 4.78 is 0. The van der Waals surface area contributed by atoms with Gasteiger partial charge in [-0.1, -0.05) is 68.9 Å². The van der Waals surface area contributed by atoms with Crippen LogP contribution in [0, 0.1) is 5.92 Å². The first-order chi connectivity index (χ1) is 9.84. The summed E-state index contributed by atoms with van der Waals surface area (Å²) in [4.78, 5) is 11.8. The predicted molar refractivity (Wildman–Crippen MR) is 82.6 cm³/mol. The van der Waals surface area contributed by atoms with Crippen LogP contribution in [0.1, 0.15) is 56.9 Å². The van der Waals surface area contributed by atoms with Gasteiger partial charge in [-0.05, 0) is 24.3 Å². The predicted octanol–water partition coefficient (Wildman–Crippen LogP) is 4.11. The van der Waals surface area contributed by atoms with E-state index in [2.05, 4.69) is 5.32 Å². The lowest BCUT2D eigenvalue weighted by Gasteiger charge is -2.13. The molecule has 1 fully saturated rings. The average molecular weight is 272 g/mol. The zero-order valence-electron chi connectivity index (χ0n) is 12.4. The number of hydrogen-bond acceptors (Lipinski definition) is 1. The Kier molecular flexibility index (Phi) is 6.62. The number of carbonyl (C=O) groups excluding carboxylic acids is 1. The van der Waals surface area contributed by atoms with Crippen molar-refractivity contribution in [1.29, 1.82) is 0 Å². The molecule has 1 aliphatic rings. The van der Waals surface area contributed by atoms with E-state index in [1.165, 1.54) is 44.9 Å². The number of benzene rings is 1.